The number of aliphatic carboxylic acids is 1. The van der Waals surface area contributed by atoms with Crippen LogP contribution in [0.3, 0.4) is 0 Å². The van der Waals surface area contributed by atoms with Crippen LogP contribution < -0.4 is 5.32 Å². The highest BCUT2D eigenvalue weighted by Gasteiger charge is 2.69. The summed E-state index contributed by atoms with van der Waals surface area (Å²) in [7, 11) is 0. The van der Waals surface area contributed by atoms with Gasteiger partial charge in [0.05, 0.1) is 35.0 Å². The van der Waals surface area contributed by atoms with Gasteiger partial charge in [0.15, 0.2) is 0 Å². The molecule has 2 fully saturated rings. The Bertz CT molecular complexity index is 1930. The first-order valence-electron chi connectivity index (χ1n) is 13.9. The Morgan fingerprint density at radius 1 is 1.02 bits per heavy atom. The molecule has 5 aromatic rings. The highest BCUT2D eigenvalue weighted by molar-refractivity contribution is 6.09. The van der Waals surface area contributed by atoms with Gasteiger partial charge in [-0.05, 0) is 48.0 Å². The third-order valence-electron chi connectivity index (χ3n) is 8.61. The normalized spacial score (nSPS) is 22.9. The fourth-order valence-electron chi connectivity index (χ4n) is 6.55. The maximum absolute atomic E-state index is 14.1. The second kappa shape index (κ2) is 10.3. The van der Waals surface area contributed by atoms with Gasteiger partial charge in [0.2, 0.25) is 11.8 Å². The van der Waals surface area contributed by atoms with Crippen LogP contribution >= 0.6 is 0 Å². The molecule has 4 unspecified atom stereocenters. The van der Waals surface area contributed by atoms with Crippen LogP contribution in [-0.4, -0.2) is 48.2 Å². The summed E-state index contributed by atoms with van der Waals surface area (Å²) in [5, 5.41) is 25.9. The summed E-state index contributed by atoms with van der Waals surface area (Å²) in [6, 6.07) is 20.8. The van der Waals surface area contributed by atoms with Gasteiger partial charge >= 0.3 is 5.97 Å². The fraction of sp³-hybridized carbons (Fsp3) is 0.188. The van der Waals surface area contributed by atoms with E-state index in [2.05, 4.69) is 15.3 Å². The molecule has 12 nitrogen and oxygen atoms in total. The number of amides is 2. The molecule has 2 saturated heterocycles. The number of likely N-dealkylation sites (tertiary alicyclic amines) is 1. The Balaban J connectivity index is 1.31. The summed E-state index contributed by atoms with van der Waals surface area (Å²) in [4.78, 5) is 60.5. The molecule has 0 spiro atoms. The molecule has 5 heterocycles. The number of nitrogens with zero attached hydrogens (tertiary/aromatic N) is 3. The zero-order chi connectivity index (χ0) is 30.6. The summed E-state index contributed by atoms with van der Waals surface area (Å²) < 4.78 is 6.15. The Kier molecular flexibility index (Phi) is 6.36. The van der Waals surface area contributed by atoms with Crippen LogP contribution in [0.5, 0.6) is 0 Å². The quantitative estimate of drug-likeness (QED) is 0.136. The number of rotatable bonds is 8. The lowest BCUT2D eigenvalue weighted by molar-refractivity contribution is -0.384. The van der Waals surface area contributed by atoms with E-state index in [1.807, 2.05) is 24.3 Å². The monoisotopic (exact) mass is 591 g/mol. The number of carboxylic acid groups (broad SMARTS) is 1. The molecular formula is C32H25N5O7. The lowest BCUT2D eigenvalue weighted by Gasteiger charge is -2.31. The van der Waals surface area contributed by atoms with Crippen molar-refractivity contribution < 1.29 is 28.8 Å². The number of hydrogen-bond acceptors (Lipinski definition) is 8. The standard InChI is InChI=1S/C32H25N5O7/c38-29-26-27(30(39)36(29)17-20-5-3-4-14-33-20)32(31(40)41,15-19-16-34-23-7-2-1-6-22(19)23)35-28(26)25-13-12-24(44-25)18-8-10-21(11-9-18)37(42)43/h1-14,16,26-28,34-35H,15,17H2,(H,40,41). The van der Waals surface area contributed by atoms with Crippen molar-refractivity contribution in [3.8, 4) is 11.3 Å². The number of benzene rings is 2. The van der Waals surface area contributed by atoms with Crippen molar-refractivity contribution >= 4 is 34.4 Å². The number of nitro groups is 1. The Morgan fingerprint density at radius 2 is 1.80 bits per heavy atom. The number of carbonyl (C=O) groups excluding carboxylic acids is 2. The molecule has 2 amide bonds. The third kappa shape index (κ3) is 4.26. The smallest absolute Gasteiger partial charge is 0.325 e. The average molecular weight is 592 g/mol. The van der Waals surface area contributed by atoms with Crippen LogP contribution in [0.2, 0.25) is 0 Å². The molecule has 4 atom stereocenters. The van der Waals surface area contributed by atoms with Crippen LogP contribution in [-0.2, 0) is 27.3 Å². The van der Waals surface area contributed by atoms with Gasteiger partial charge in [-0.1, -0.05) is 24.3 Å². The number of non-ortho nitro benzene ring substituents is 1. The molecule has 0 aliphatic carbocycles. The zero-order valence-electron chi connectivity index (χ0n) is 23.0. The summed E-state index contributed by atoms with van der Waals surface area (Å²) in [6.07, 6.45) is 3.22. The molecule has 2 aliphatic rings. The van der Waals surface area contributed by atoms with Crippen molar-refractivity contribution in [3.63, 3.8) is 0 Å². The van der Waals surface area contributed by atoms with E-state index >= 15 is 0 Å². The molecule has 2 aromatic carbocycles. The van der Waals surface area contributed by atoms with Crippen molar-refractivity contribution in [1.29, 1.82) is 0 Å². The molecule has 44 heavy (non-hydrogen) atoms. The number of aromatic nitrogens is 2. The lowest BCUT2D eigenvalue weighted by atomic mass is 9.76. The second-order valence-corrected chi connectivity index (χ2v) is 11.0. The number of imide groups is 1. The number of nitro benzene ring substituents is 1. The molecular weight excluding hydrogens is 566 g/mol. The van der Waals surface area contributed by atoms with Crippen LogP contribution in [0, 0.1) is 22.0 Å². The first kappa shape index (κ1) is 27.2. The van der Waals surface area contributed by atoms with Gasteiger partial charge < -0.3 is 14.5 Å². The van der Waals surface area contributed by atoms with Gasteiger partial charge in [0, 0.05) is 47.4 Å². The van der Waals surface area contributed by atoms with Gasteiger partial charge in [0.1, 0.15) is 17.1 Å². The van der Waals surface area contributed by atoms with Crippen molar-refractivity contribution in [2.24, 2.45) is 11.8 Å². The van der Waals surface area contributed by atoms with Crippen LogP contribution in [0.1, 0.15) is 23.1 Å². The number of hydrogen-bond donors (Lipinski definition) is 3. The van der Waals surface area contributed by atoms with Crippen molar-refractivity contribution in [2.75, 3.05) is 0 Å². The van der Waals surface area contributed by atoms with Gasteiger partial charge in [0.25, 0.3) is 5.69 Å². The largest absolute Gasteiger partial charge is 0.480 e. The van der Waals surface area contributed by atoms with E-state index in [-0.39, 0.29) is 24.4 Å². The van der Waals surface area contributed by atoms with Gasteiger partial charge in [-0.2, -0.15) is 0 Å². The van der Waals surface area contributed by atoms with Crippen LogP contribution in [0.4, 0.5) is 5.69 Å². The summed E-state index contributed by atoms with van der Waals surface area (Å²) in [6.45, 7) is -0.0901. The van der Waals surface area contributed by atoms with E-state index in [9.17, 15) is 29.6 Å². The average Bonchev–Trinajstić information content (AvgIpc) is 3.80. The number of fused-ring (bicyclic) bond motifs is 2. The zero-order valence-corrected chi connectivity index (χ0v) is 23.0. The first-order chi connectivity index (χ1) is 21.3. The minimum absolute atomic E-state index is 0.0730. The summed E-state index contributed by atoms with van der Waals surface area (Å²) >= 11 is 0. The molecule has 0 bridgehead atoms. The minimum Gasteiger partial charge on any atom is -0.480 e. The number of nitrogens with one attached hydrogen (secondary N) is 2. The number of pyridine rings is 1. The van der Waals surface area contributed by atoms with E-state index in [0.717, 1.165) is 15.8 Å². The predicted octanol–water partition coefficient (Wildman–Crippen LogP) is 4.24. The van der Waals surface area contributed by atoms with Crippen molar-refractivity contribution in [3.05, 3.63) is 118 Å². The highest BCUT2D eigenvalue weighted by Crippen LogP contribution is 2.51. The predicted molar refractivity (Wildman–Crippen MR) is 156 cm³/mol. The van der Waals surface area contributed by atoms with Gasteiger partial charge in [-0.15, -0.1) is 0 Å². The number of furan rings is 1. The molecule has 0 saturated carbocycles. The van der Waals surface area contributed by atoms with Crippen LogP contribution in [0.15, 0.2) is 95.7 Å². The van der Waals surface area contributed by atoms with Gasteiger partial charge in [-0.25, -0.2) is 0 Å². The van der Waals surface area contributed by atoms with Crippen molar-refractivity contribution in [2.45, 2.75) is 24.5 Å². The maximum Gasteiger partial charge on any atom is 0.325 e. The van der Waals surface area contributed by atoms with E-state index < -0.39 is 46.1 Å². The molecule has 220 valence electrons. The number of para-hydroxylation sites is 1. The van der Waals surface area contributed by atoms with Crippen molar-refractivity contribution in [1.82, 2.24) is 20.2 Å². The highest BCUT2D eigenvalue weighted by atomic mass is 16.6. The van der Waals surface area contributed by atoms with Gasteiger partial charge in [-0.3, -0.25) is 39.7 Å². The van der Waals surface area contributed by atoms with E-state index in [1.165, 1.54) is 12.1 Å². The van der Waals surface area contributed by atoms with E-state index in [0.29, 0.717) is 22.6 Å². The first-order valence-corrected chi connectivity index (χ1v) is 13.9. The molecule has 3 aromatic heterocycles. The Morgan fingerprint density at radius 3 is 2.52 bits per heavy atom. The minimum atomic E-state index is -1.84. The Labute approximate surface area is 249 Å². The summed E-state index contributed by atoms with van der Waals surface area (Å²) in [5.74, 6) is -4.02. The third-order valence-corrected chi connectivity index (χ3v) is 8.61. The molecule has 12 heteroatoms. The van der Waals surface area contributed by atoms with Crippen LogP contribution in [0.25, 0.3) is 22.2 Å². The number of carboxylic acids is 1. The number of H-pyrrole nitrogens is 1. The molecule has 7 rings (SSSR count). The van der Waals surface area contributed by atoms with E-state index in [4.69, 9.17) is 4.42 Å². The molecule has 3 N–H and O–H groups in total. The van der Waals surface area contributed by atoms with E-state index in [1.54, 1.807) is 54.9 Å². The molecule has 2 aliphatic heterocycles. The topological polar surface area (TPSA) is 172 Å². The molecule has 0 radical (unpaired) electrons. The Hall–Kier alpha value is -5.62. The second-order valence-electron chi connectivity index (χ2n) is 11.0. The SMILES string of the molecule is O=C1C2C(c3ccc(-c4ccc([N+](=O)[O-])cc4)o3)NC(Cc3c[nH]c4ccccc34)(C(=O)O)C2C(=O)N1Cc1ccccn1. The fourth-order valence-corrected chi connectivity index (χ4v) is 6.55. The summed E-state index contributed by atoms with van der Waals surface area (Å²) in [5.41, 5.74) is 0.641. The number of carbonyl (C=O) groups is 3. The number of aromatic amines is 1. The lowest BCUT2D eigenvalue weighted by Crippen LogP contribution is -2.57. The maximum atomic E-state index is 14.1.